The standard InChI is InChI=1S/C15H13N3S/c1-2-6-13(7-3-1)12-19-15-17-10-11-18(15)14-8-4-5-9-16-14/h1-11H,12H2. The Bertz CT molecular complexity index is 635. The fourth-order valence-electron chi connectivity index (χ4n) is 1.79. The molecular weight excluding hydrogens is 254 g/mol. The van der Waals surface area contributed by atoms with Gasteiger partial charge in [-0.15, -0.1) is 0 Å². The Hall–Kier alpha value is -2.07. The fraction of sp³-hybridized carbons (Fsp3) is 0.0667. The maximum Gasteiger partial charge on any atom is 0.174 e. The van der Waals surface area contributed by atoms with Gasteiger partial charge in [-0.05, 0) is 17.7 Å². The van der Waals surface area contributed by atoms with E-state index in [0.29, 0.717) is 0 Å². The Morgan fingerprint density at radius 1 is 0.895 bits per heavy atom. The number of aromatic nitrogens is 3. The molecule has 94 valence electrons. The summed E-state index contributed by atoms with van der Waals surface area (Å²) in [6.07, 6.45) is 5.54. The summed E-state index contributed by atoms with van der Waals surface area (Å²) in [5.74, 6) is 1.81. The van der Waals surface area contributed by atoms with Gasteiger partial charge in [-0.25, -0.2) is 9.97 Å². The normalized spacial score (nSPS) is 10.5. The van der Waals surface area contributed by atoms with Crippen LogP contribution >= 0.6 is 11.8 Å². The van der Waals surface area contributed by atoms with Gasteiger partial charge >= 0.3 is 0 Å². The Morgan fingerprint density at radius 3 is 2.53 bits per heavy atom. The molecule has 3 aromatic rings. The zero-order valence-electron chi connectivity index (χ0n) is 10.3. The van der Waals surface area contributed by atoms with Crippen molar-refractivity contribution >= 4 is 11.8 Å². The van der Waals surface area contributed by atoms with Crippen LogP contribution in [0.5, 0.6) is 0 Å². The topological polar surface area (TPSA) is 30.7 Å². The van der Waals surface area contributed by atoms with Crippen molar-refractivity contribution in [1.29, 1.82) is 0 Å². The van der Waals surface area contributed by atoms with E-state index in [-0.39, 0.29) is 0 Å². The van der Waals surface area contributed by atoms with Crippen LogP contribution in [0.2, 0.25) is 0 Å². The van der Waals surface area contributed by atoms with E-state index >= 15 is 0 Å². The van der Waals surface area contributed by atoms with Crippen molar-refractivity contribution < 1.29 is 0 Å². The van der Waals surface area contributed by atoms with Gasteiger partial charge in [-0.3, -0.25) is 4.57 Å². The predicted molar refractivity (Wildman–Crippen MR) is 77.4 cm³/mol. The summed E-state index contributed by atoms with van der Waals surface area (Å²) in [7, 11) is 0. The number of thioether (sulfide) groups is 1. The lowest BCUT2D eigenvalue weighted by Gasteiger charge is -2.06. The number of hydrogen-bond acceptors (Lipinski definition) is 3. The first-order valence-corrected chi connectivity index (χ1v) is 7.03. The second kappa shape index (κ2) is 5.71. The lowest BCUT2D eigenvalue weighted by molar-refractivity contribution is 0.863. The molecule has 0 aliphatic heterocycles. The van der Waals surface area contributed by atoms with E-state index in [4.69, 9.17) is 0 Å². The zero-order valence-corrected chi connectivity index (χ0v) is 11.1. The number of pyridine rings is 1. The molecule has 0 atom stereocenters. The van der Waals surface area contributed by atoms with E-state index in [0.717, 1.165) is 16.7 Å². The highest BCUT2D eigenvalue weighted by atomic mass is 32.2. The molecule has 0 spiro atoms. The molecule has 0 radical (unpaired) electrons. The van der Waals surface area contributed by atoms with Gasteiger partial charge in [0.25, 0.3) is 0 Å². The third kappa shape index (κ3) is 2.85. The van der Waals surface area contributed by atoms with E-state index in [1.54, 1.807) is 18.0 Å². The van der Waals surface area contributed by atoms with E-state index in [9.17, 15) is 0 Å². The molecule has 0 aliphatic rings. The van der Waals surface area contributed by atoms with Crippen molar-refractivity contribution in [3.8, 4) is 5.82 Å². The molecule has 3 nitrogen and oxygen atoms in total. The number of rotatable bonds is 4. The van der Waals surface area contributed by atoms with Gasteiger partial charge in [0, 0.05) is 24.3 Å². The third-order valence-electron chi connectivity index (χ3n) is 2.71. The summed E-state index contributed by atoms with van der Waals surface area (Å²) in [5, 5.41) is 0.961. The lowest BCUT2D eigenvalue weighted by Crippen LogP contribution is -1.97. The molecule has 19 heavy (non-hydrogen) atoms. The fourth-order valence-corrected chi connectivity index (χ4v) is 2.71. The maximum absolute atomic E-state index is 4.39. The Labute approximate surface area is 116 Å². The molecular formula is C15H13N3S. The number of imidazole rings is 1. The minimum absolute atomic E-state index is 0.899. The summed E-state index contributed by atoms with van der Waals surface area (Å²) >= 11 is 1.71. The van der Waals surface area contributed by atoms with Crippen LogP contribution in [-0.2, 0) is 5.75 Å². The van der Waals surface area contributed by atoms with Gasteiger partial charge in [0.05, 0.1) is 0 Å². The quantitative estimate of drug-likeness (QED) is 0.677. The van der Waals surface area contributed by atoms with Crippen LogP contribution in [0.25, 0.3) is 5.82 Å². The first-order valence-electron chi connectivity index (χ1n) is 6.05. The second-order valence-corrected chi connectivity index (χ2v) is 4.98. The molecule has 1 aromatic carbocycles. The molecule has 2 heterocycles. The Morgan fingerprint density at radius 2 is 1.74 bits per heavy atom. The van der Waals surface area contributed by atoms with Crippen molar-refractivity contribution in [2.24, 2.45) is 0 Å². The highest BCUT2D eigenvalue weighted by Gasteiger charge is 2.06. The molecule has 4 heteroatoms. The minimum atomic E-state index is 0.899. The van der Waals surface area contributed by atoms with Crippen LogP contribution in [0.3, 0.4) is 0 Å². The monoisotopic (exact) mass is 267 g/mol. The largest absolute Gasteiger partial charge is 0.279 e. The molecule has 0 fully saturated rings. The molecule has 0 saturated heterocycles. The molecule has 0 amide bonds. The van der Waals surface area contributed by atoms with Gasteiger partial charge in [0.1, 0.15) is 5.82 Å². The number of benzene rings is 1. The summed E-state index contributed by atoms with van der Waals surface area (Å²) < 4.78 is 2.01. The molecule has 0 bridgehead atoms. The molecule has 2 aromatic heterocycles. The van der Waals surface area contributed by atoms with E-state index < -0.39 is 0 Å². The van der Waals surface area contributed by atoms with E-state index in [2.05, 4.69) is 34.2 Å². The van der Waals surface area contributed by atoms with E-state index in [1.165, 1.54) is 5.56 Å². The SMILES string of the molecule is c1ccc(CSc2nccn2-c2ccccn2)cc1. The predicted octanol–water partition coefficient (Wildman–Crippen LogP) is 3.56. The Kier molecular flexibility index (Phi) is 3.61. The van der Waals surface area contributed by atoms with Crippen LogP contribution < -0.4 is 0 Å². The van der Waals surface area contributed by atoms with Crippen LogP contribution in [0.1, 0.15) is 5.56 Å². The highest BCUT2D eigenvalue weighted by molar-refractivity contribution is 7.98. The van der Waals surface area contributed by atoms with Crippen molar-refractivity contribution in [1.82, 2.24) is 14.5 Å². The first kappa shape index (κ1) is 12.0. The average Bonchev–Trinajstić information content (AvgIpc) is 2.95. The summed E-state index contributed by atoms with van der Waals surface area (Å²) in [6.45, 7) is 0. The van der Waals surface area contributed by atoms with Gasteiger partial charge in [0.2, 0.25) is 0 Å². The van der Waals surface area contributed by atoms with Crippen molar-refractivity contribution in [3.63, 3.8) is 0 Å². The summed E-state index contributed by atoms with van der Waals surface area (Å²) in [6, 6.07) is 16.3. The molecule has 3 rings (SSSR count). The number of hydrogen-bond donors (Lipinski definition) is 0. The van der Waals surface area contributed by atoms with Crippen LogP contribution in [0, 0.1) is 0 Å². The van der Waals surface area contributed by atoms with Crippen molar-refractivity contribution in [3.05, 3.63) is 72.7 Å². The van der Waals surface area contributed by atoms with Gasteiger partial charge in [0.15, 0.2) is 5.16 Å². The van der Waals surface area contributed by atoms with Gasteiger partial charge in [-0.2, -0.15) is 0 Å². The van der Waals surface area contributed by atoms with E-state index in [1.807, 2.05) is 41.2 Å². The van der Waals surface area contributed by atoms with Gasteiger partial charge in [-0.1, -0.05) is 48.2 Å². The first-order chi connectivity index (χ1) is 9.43. The summed E-state index contributed by atoms with van der Waals surface area (Å²) in [5.41, 5.74) is 1.29. The molecule has 0 N–H and O–H groups in total. The van der Waals surface area contributed by atoms with Crippen LogP contribution in [0.15, 0.2) is 72.3 Å². The Balaban J connectivity index is 1.78. The molecule has 0 aliphatic carbocycles. The lowest BCUT2D eigenvalue weighted by atomic mass is 10.2. The average molecular weight is 267 g/mol. The highest BCUT2D eigenvalue weighted by Crippen LogP contribution is 2.23. The second-order valence-electron chi connectivity index (χ2n) is 4.04. The maximum atomic E-state index is 4.39. The summed E-state index contributed by atoms with van der Waals surface area (Å²) in [4.78, 5) is 8.74. The third-order valence-corrected chi connectivity index (χ3v) is 3.75. The molecule has 0 unspecified atom stereocenters. The van der Waals surface area contributed by atoms with Crippen LogP contribution in [0.4, 0.5) is 0 Å². The molecule has 0 saturated carbocycles. The minimum Gasteiger partial charge on any atom is -0.279 e. The van der Waals surface area contributed by atoms with Crippen LogP contribution in [-0.4, -0.2) is 14.5 Å². The smallest absolute Gasteiger partial charge is 0.174 e. The van der Waals surface area contributed by atoms with Crippen molar-refractivity contribution in [2.45, 2.75) is 10.9 Å². The number of nitrogens with zero attached hydrogens (tertiary/aromatic N) is 3. The zero-order chi connectivity index (χ0) is 12.9. The van der Waals surface area contributed by atoms with Gasteiger partial charge < -0.3 is 0 Å². The van der Waals surface area contributed by atoms with Crippen molar-refractivity contribution in [2.75, 3.05) is 0 Å².